The number of hydrogen-bond donors (Lipinski definition) is 2. The lowest BCUT2D eigenvalue weighted by Gasteiger charge is -2.37. The summed E-state index contributed by atoms with van der Waals surface area (Å²) < 4.78 is 16.3. The van der Waals surface area contributed by atoms with Crippen molar-refractivity contribution in [1.82, 2.24) is 15.6 Å². The van der Waals surface area contributed by atoms with E-state index in [1.165, 1.54) is 11.3 Å². The molecule has 0 spiro atoms. The second-order valence-corrected chi connectivity index (χ2v) is 9.87. The zero-order valence-electron chi connectivity index (χ0n) is 17.0. The van der Waals surface area contributed by atoms with Crippen molar-refractivity contribution in [2.75, 3.05) is 31.7 Å². The number of amidine groups is 1. The number of thiazole rings is 1. The highest BCUT2D eigenvalue weighted by atomic mass is 127. The predicted octanol–water partition coefficient (Wildman–Crippen LogP) is 1.77. The van der Waals surface area contributed by atoms with Gasteiger partial charge in [-0.2, -0.15) is 3.21 Å². The minimum absolute atomic E-state index is 0.109. The van der Waals surface area contributed by atoms with Gasteiger partial charge in [-0.15, -0.1) is 0 Å². The first-order valence-corrected chi connectivity index (χ1v) is 12.4. The Balaban J connectivity index is 1.62. The van der Waals surface area contributed by atoms with E-state index in [4.69, 9.17) is 9.47 Å². The SMILES string of the molecule is CCOC(=O)c1sc(N2CCC(NC(=O)C3=NI=C(CC)N3)C(OC)C2)nc1C. The summed E-state index contributed by atoms with van der Waals surface area (Å²) in [6, 6.07) is -0.109. The third-order valence-corrected chi connectivity index (χ3v) is 8.24. The fourth-order valence-corrected chi connectivity index (χ4v) is 5.73. The number of aryl methyl sites for hydroxylation is 1. The van der Waals surface area contributed by atoms with E-state index in [0.717, 1.165) is 15.2 Å². The van der Waals surface area contributed by atoms with E-state index in [9.17, 15) is 9.59 Å². The molecule has 0 bridgehead atoms. The largest absolute Gasteiger partial charge is 0.462 e. The number of hydrogen-bond acceptors (Lipinski definition) is 9. The number of nitrogens with zero attached hydrogens (tertiary/aromatic N) is 3. The molecule has 2 aliphatic heterocycles. The smallest absolute Gasteiger partial charge is 0.350 e. The second-order valence-electron chi connectivity index (χ2n) is 6.62. The van der Waals surface area contributed by atoms with E-state index in [0.29, 0.717) is 42.5 Å². The van der Waals surface area contributed by atoms with Crippen LogP contribution in [0.4, 0.5) is 5.13 Å². The molecule has 0 aliphatic carbocycles. The maximum Gasteiger partial charge on any atom is 0.350 e. The number of halogens is 1. The zero-order valence-corrected chi connectivity index (χ0v) is 19.9. The molecular weight excluding hydrogens is 509 g/mol. The van der Waals surface area contributed by atoms with Crippen LogP contribution in [0, 0.1) is 6.92 Å². The van der Waals surface area contributed by atoms with E-state index < -0.39 is 21.0 Å². The summed E-state index contributed by atoms with van der Waals surface area (Å²) in [7, 11) is 1.64. The minimum Gasteiger partial charge on any atom is -0.462 e. The van der Waals surface area contributed by atoms with E-state index >= 15 is 0 Å². The van der Waals surface area contributed by atoms with E-state index in [-0.39, 0.29) is 24.0 Å². The molecule has 2 aliphatic rings. The Morgan fingerprint density at radius 2 is 2.21 bits per heavy atom. The van der Waals surface area contributed by atoms with Crippen LogP contribution in [-0.2, 0) is 14.3 Å². The second kappa shape index (κ2) is 9.94. The van der Waals surface area contributed by atoms with Crippen LogP contribution >= 0.6 is 32.3 Å². The highest BCUT2D eigenvalue weighted by Gasteiger charge is 2.33. The molecule has 1 aromatic heterocycles. The summed E-state index contributed by atoms with van der Waals surface area (Å²) in [6.07, 6.45) is 1.42. The van der Waals surface area contributed by atoms with E-state index in [1.807, 2.05) is 6.92 Å². The molecule has 3 rings (SSSR count). The first kappa shape index (κ1) is 22.1. The van der Waals surface area contributed by atoms with Crippen molar-refractivity contribution in [3.05, 3.63) is 10.6 Å². The molecule has 1 fully saturated rings. The molecule has 3 heterocycles. The predicted molar refractivity (Wildman–Crippen MR) is 122 cm³/mol. The fraction of sp³-hybridized carbons (Fsp3) is 0.611. The van der Waals surface area contributed by atoms with Crippen LogP contribution in [0.5, 0.6) is 0 Å². The van der Waals surface area contributed by atoms with Crippen LogP contribution in [0.2, 0.25) is 0 Å². The number of carbonyl (C=O) groups is 2. The Labute approximate surface area is 184 Å². The first-order valence-electron chi connectivity index (χ1n) is 9.54. The van der Waals surface area contributed by atoms with Gasteiger partial charge < -0.3 is 25.0 Å². The van der Waals surface area contributed by atoms with Crippen molar-refractivity contribution in [3.63, 3.8) is 0 Å². The normalized spacial score (nSPS) is 21.6. The van der Waals surface area contributed by atoms with Crippen LogP contribution in [0.1, 0.15) is 42.1 Å². The van der Waals surface area contributed by atoms with E-state index in [1.54, 1.807) is 14.0 Å². The maximum absolute atomic E-state index is 12.5. The summed E-state index contributed by atoms with van der Waals surface area (Å²) in [5.41, 5.74) is 0.671. The molecule has 29 heavy (non-hydrogen) atoms. The molecule has 2 atom stereocenters. The van der Waals surface area contributed by atoms with Crippen molar-refractivity contribution in [1.29, 1.82) is 0 Å². The third kappa shape index (κ3) is 5.12. The number of nitrogens with one attached hydrogen (secondary N) is 2. The maximum atomic E-state index is 12.5. The van der Waals surface area contributed by atoms with Crippen LogP contribution < -0.4 is 15.5 Å². The zero-order chi connectivity index (χ0) is 21.0. The van der Waals surface area contributed by atoms with Gasteiger partial charge in [0.25, 0.3) is 5.91 Å². The highest BCUT2D eigenvalue weighted by molar-refractivity contribution is 14.2. The quantitative estimate of drug-likeness (QED) is 0.405. The molecule has 9 nitrogen and oxygen atoms in total. The van der Waals surface area contributed by atoms with Crippen LogP contribution in [-0.4, -0.2) is 65.3 Å². The summed E-state index contributed by atoms with van der Waals surface area (Å²) in [4.78, 5) is 31.8. The lowest BCUT2D eigenvalue weighted by atomic mass is 10.0. The van der Waals surface area contributed by atoms with Crippen molar-refractivity contribution in [2.24, 2.45) is 3.21 Å². The van der Waals surface area contributed by atoms with Gasteiger partial charge in [0, 0.05) is 41.2 Å². The Morgan fingerprint density at radius 1 is 1.41 bits per heavy atom. The Bertz CT molecular complexity index is 840. The standard InChI is InChI=1S/C18H26IN5O4S/c1-5-13-19-23-15(22-13)16(25)21-11-7-8-24(9-12(11)27-4)18-20-10(3)14(29-18)17(26)28-6-2/h11-12H,5-9H2,1-4H3,(H,21,25)(H,22,23). The molecule has 1 aromatic rings. The summed E-state index contributed by atoms with van der Waals surface area (Å²) >= 11 is 0.897. The summed E-state index contributed by atoms with van der Waals surface area (Å²) in [5, 5.41) is 6.96. The van der Waals surface area contributed by atoms with Gasteiger partial charge in [-0.05, 0) is 26.7 Å². The van der Waals surface area contributed by atoms with E-state index in [2.05, 4.69) is 30.6 Å². The molecule has 11 heteroatoms. The molecule has 0 aromatic carbocycles. The summed E-state index contributed by atoms with van der Waals surface area (Å²) in [5.74, 6) is -0.0972. The number of methoxy groups -OCH3 is 1. The average molecular weight is 535 g/mol. The van der Waals surface area contributed by atoms with Crippen LogP contribution in [0.15, 0.2) is 3.21 Å². The van der Waals surface area contributed by atoms with Gasteiger partial charge in [-0.1, -0.05) is 18.3 Å². The van der Waals surface area contributed by atoms with Gasteiger partial charge in [0.1, 0.15) is 4.88 Å². The molecule has 160 valence electrons. The van der Waals surface area contributed by atoms with Crippen molar-refractivity contribution < 1.29 is 19.1 Å². The van der Waals surface area contributed by atoms with Crippen molar-refractivity contribution >= 4 is 58.8 Å². The molecular formula is C18H26IN5O4S. The summed E-state index contributed by atoms with van der Waals surface area (Å²) in [6.45, 7) is 7.28. The van der Waals surface area contributed by atoms with Gasteiger partial charge >= 0.3 is 5.97 Å². The molecule has 2 N–H and O–H groups in total. The minimum atomic E-state index is -0.437. The average Bonchev–Trinajstić information content (AvgIpc) is 3.35. The first-order chi connectivity index (χ1) is 14.0. The highest BCUT2D eigenvalue weighted by Crippen LogP contribution is 2.29. The van der Waals surface area contributed by atoms with Gasteiger partial charge in [-0.25, -0.2) is 9.78 Å². The number of aromatic nitrogens is 1. The molecule has 1 amide bonds. The fourth-order valence-electron chi connectivity index (χ4n) is 3.14. The number of amides is 1. The third-order valence-electron chi connectivity index (χ3n) is 4.70. The van der Waals surface area contributed by atoms with Gasteiger partial charge in [0.2, 0.25) is 5.84 Å². The topological polar surface area (TPSA) is 105 Å². The molecule has 2 unspecified atom stereocenters. The number of ether oxygens (including phenoxy) is 2. The lowest BCUT2D eigenvalue weighted by Crippen LogP contribution is -2.57. The molecule has 1 saturated heterocycles. The monoisotopic (exact) mass is 535 g/mol. The van der Waals surface area contributed by atoms with Gasteiger partial charge in [-0.3, -0.25) is 4.79 Å². The van der Waals surface area contributed by atoms with Crippen LogP contribution in [0.3, 0.4) is 0 Å². The van der Waals surface area contributed by atoms with Crippen molar-refractivity contribution in [2.45, 2.75) is 45.8 Å². The molecule has 0 radical (unpaired) electrons. The number of anilines is 1. The molecule has 0 saturated carbocycles. The number of esters is 1. The van der Waals surface area contributed by atoms with Gasteiger partial charge in [0.15, 0.2) is 5.13 Å². The van der Waals surface area contributed by atoms with Gasteiger partial charge in [0.05, 0.1) is 28.1 Å². The Morgan fingerprint density at radius 3 is 2.86 bits per heavy atom. The Kier molecular flexibility index (Phi) is 7.57. The number of rotatable bonds is 7. The number of carbonyl (C=O) groups excluding carboxylic acids is 2. The Hall–Kier alpha value is -1.60. The van der Waals surface area contributed by atoms with Crippen molar-refractivity contribution in [3.8, 4) is 0 Å². The number of piperidine rings is 1. The lowest BCUT2D eigenvalue weighted by molar-refractivity contribution is -0.116. The van der Waals surface area contributed by atoms with Crippen LogP contribution in [0.25, 0.3) is 0 Å².